The third-order valence-corrected chi connectivity index (χ3v) is 9.90. The Bertz CT molecular complexity index is 1430. The first-order valence-electron chi connectivity index (χ1n) is 18.2. The average Bonchev–Trinajstić information content (AvgIpc) is 3.34. The Morgan fingerprint density at radius 1 is 0.667 bits per heavy atom. The minimum absolute atomic E-state index is 0.174. The minimum atomic E-state index is -0.425. The molecule has 0 radical (unpaired) electrons. The molecule has 0 saturated carbocycles. The van der Waals surface area contributed by atoms with Crippen LogP contribution in [0.25, 0.3) is 0 Å². The van der Waals surface area contributed by atoms with Crippen molar-refractivity contribution in [3.05, 3.63) is 131 Å². The number of esters is 2. The molecule has 4 rings (SSSR count). The van der Waals surface area contributed by atoms with Crippen molar-refractivity contribution in [3.8, 4) is 0 Å². The molecule has 3 aliphatic carbocycles. The normalized spacial score (nSPS) is 21.8. The van der Waals surface area contributed by atoms with Gasteiger partial charge in [-0.3, -0.25) is 0 Å². The Balaban J connectivity index is 1.51. The van der Waals surface area contributed by atoms with Crippen molar-refractivity contribution in [3.63, 3.8) is 0 Å². The molecule has 2 atom stereocenters. The lowest BCUT2D eigenvalue weighted by Crippen LogP contribution is -2.13. The van der Waals surface area contributed by atoms with E-state index < -0.39 is 11.9 Å². The number of hydrogen-bond donors (Lipinski definition) is 0. The van der Waals surface area contributed by atoms with E-state index in [1.807, 2.05) is 12.2 Å². The SMILES string of the molecule is C=CC(=O)OC1=CC(C)(CCCC)C=C(CCc2ccc(CCC3=CC(C)(CCCC)C=C(OC(=O)C=C)C=C3)c3c2CCCC3)C=C1. The van der Waals surface area contributed by atoms with Gasteiger partial charge in [-0.05, 0) is 111 Å². The van der Waals surface area contributed by atoms with Crippen LogP contribution in [0.15, 0.2) is 109 Å². The maximum Gasteiger partial charge on any atom is 0.335 e. The van der Waals surface area contributed by atoms with Gasteiger partial charge in [0.05, 0.1) is 0 Å². The van der Waals surface area contributed by atoms with Gasteiger partial charge in [0.1, 0.15) is 11.5 Å². The number of carbonyl (C=O) groups excluding carboxylic acids is 2. The van der Waals surface area contributed by atoms with E-state index in [9.17, 15) is 9.59 Å². The molecule has 0 bridgehead atoms. The predicted octanol–water partition coefficient (Wildman–Crippen LogP) is 11.0. The van der Waals surface area contributed by atoms with E-state index in [0.717, 1.165) is 77.0 Å². The van der Waals surface area contributed by atoms with Gasteiger partial charge in [-0.15, -0.1) is 0 Å². The standard InChI is InChI=1S/C44H56O4/c1-7-11-27-43(5)29-33(19-25-37(31-43)47-41(45)9-3)17-21-35-23-24-36(40-16-14-13-15-39(35)40)22-18-34-20-26-38(48-42(46)10-4)32-44(6,30-34)28-12-8-2/h9-10,19-20,23-26,29-32H,3-4,7-8,11-18,21-22,27-28H2,1-2,5-6H3. The van der Waals surface area contributed by atoms with E-state index in [-0.39, 0.29) is 10.8 Å². The molecule has 0 amide bonds. The minimum Gasteiger partial charge on any atom is -0.424 e. The van der Waals surface area contributed by atoms with Crippen molar-refractivity contribution in [2.24, 2.45) is 10.8 Å². The molecule has 0 N–H and O–H groups in total. The summed E-state index contributed by atoms with van der Waals surface area (Å²) in [5.41, 5.74) is 8.27. The molecule has 0 heterocycles. The fraction of sp³-hybridized carbons (Fsp3) is 0.455. The van der Waals surface area contributed by atoms with Gasteiger partial charge in [0.25, 0.3) is 0 Å². The van der Waals surface area contributed by atoms with Crippen molar-refractivity contribution in [2.75, 3.05) is 0 Å². The highest BCUT2D eigenvalue weighted by atomic mass is 16.5. The van der Waals surface area contributed by atoms with Crippen molar-refractivity contribution < 1.29 is 19.1 Å². The molecule has 4 nitrogen and oxygen atoms in total. The maximum atomic E-state index is 12.0. The molecule has 48 heavy (non-hydrogen) atoms. The molecule has 4 heteroatoms. The predicted molar refractivity (Wildman–Crippen MR) is 198 cm³/mol. The first-order valence-corrected chi connectivity index (χ1v) is 18.2. The fourth-order valence-corrected chi connectivity index (χ4v) is 7.35. The average molecular weight is 649 g/mol. The summed E-state index contributed by atoms with van der Waals surface area (Å²) in [6.45, 7) is 16.0. The van der Waals surface area contributed by atoms with Crippen LogP contribution in [0.1, 0.15) is 114 Å². The number of hydrogen-bond acceptors (Lipinski definition) is 4. The Morgan fingerprint density at radius 2 is 1.08 bits per heavy atom. The number of ether oxygens (including phenoxy) is 2. The Labute approximate surface area is 289 Å². The van der Waals surface area contributed by atoms with Gasteiger partial charge in [-0.1, -0.05) is 114 Å². The molecule has 1 aromatic rings. The van der Waals surface area contributed by atoms with Crippen LogP contribution in [0.5, 0.6) is 0 Å². The van der Waals surface area contributed by atoms with Crippen LogP contribution in [0, 0.1) is 10.8 Å². The molecular weight excluding hydrogens is 592 g/mol. The number of carbonyl (C=O) groups is 2. The molecule has 0 aliphatic heterocycles. The number of aryl methyl sites for hydroxylation is 2. The molecule has 0 fully saturated rings. The summed E-state index contributed by atoms with van der Waals surface area (Å²) in [6.07, 6.45) is 34.7. The van der Waals surface area contributed by atoms with Crippen molar-refractivity contribution in [1.29, 1.82) is 0 Å². The topological polar surface area (TPSA) is 52.6 Å². The van der Waals surface area contributed by atoms with Crippen LogP contribution < -0.4 is 0 Å². The summed E-state index contributed by atoms with van der Waals surface area (Å²) in [4.78, 5) is 24.0. The summed E-state index contributed by atoms with van der Waals surface area (Å²) >= 11 is 0. The zero-order valence-electron chi connectivity index (χ0n) is 29.9. The lowest BCUT2D eigenvalue weighted by molar-refractivity contribution is -0.134. The fourth-order valence-electron chi connectivity index (χ4n) is 7.35. The van der Waals surface area contributed by atoms with Crippen LogP contribution in [-0.4, -0.2) is 11.9 Å². The highest BCUT2D eigenvalue weighted by Gasteiger charge is 2.25. The molecule has 0 aromatic heterocycles. The first kappa shape index (κ1) is 36.9. The number of allylic oxidation sites excluding steroid dienone is 10. The van der Waals surface area contributed by atoms with Crippen LogP contribution in [0.4, 0.5) is 0 Å². The zero-order valence-corrected chi connectivity index (χ0v) is 29.9. The highest BCUT2D eigenvalue weighted by Crippen LogP contribution is 2.37. The summed E-state index contributed by atoms with van der Waals surface area (Å²) in [5, 5.41) is 0. The monoisotopic (exact) mass is 648 g/mol. The Morgan fingerprint density at radius 3 is 1.46 bits per heavy atom. The third kappa shape index (κ3) is 10.5. The quantitative estimate of drug-likeness (QED) is 0.132. The number of unbranched alkanes of at least 4 members (excludes halogenated alkanes) is 2. The molecule has 2 unspecified atom stereocenters. The van der Waals surface area contributed by atoms with Gasteiger partial charge < -0.3 is 9.47 Å². The summed E-state index contributed by atoms with van der Waals surface area (Å²) in [7, 11) is 0. The third-order valence-electron chi connectivity index (χ3n) is 9.90. The second-order valence-corrected chi connectivity index (χ2v) is 14.2. The maximum absolute atomic E-state index is 12.0. The van der Waals surface area contributed by atoms with Gasteiger partial charge in [-0.25, -0.2) is 9.59 Å². The van der Waals surface area contributed by atoms with Crippen molar-refractivity contribution in [1.82, 2.24) is 0 Å². The van der Waals surface area contributed by atoms with E-state index >= 15 is 0 Å². The highest BCUT2D eigenvalue weighted by molar-refractivity contribution is 5.82. The van der Waals surface area contributed by atoms with E-state index in [1.54, 1.807) is 11.1 Å². The molecular formula is C44H56O4. The summed E-state index contributed by atoms with van der Waals surface area (Å²) in [6, 6.07) is 4.76. The first-order chi connectivity index (χ1) is 23.1. The smallest absolute Gasteiger partial charge is 0.335 e. The zero-order chi connectivity index (χ0) is 34.6. The Kier molecular flexibility index (Phi) is 13.4. The van der Waals surface area contributed by atoms with Gasteiger partial charge in [-0.2, -0.15) is 0 Å². The van der Waals surface area contributed by atoms with Gasteiger partial charge in [0.2, 0.25) is 0 Å². The lowest BCUT2D eigenvalue weighted by Gasteiger charge is -2.25. The van der Waals surface area contributed by atoms with Crippen molar-refractivity contribution >= 4 is 11.9 Å². The summed E-state index contributed by atoms with van der Waals surface area (Å²) in [5.74, 6) is 0.346. The number of benzene rings is 1. The van der Waals surface area contributed by atoms with Crippen LogP contribution in [0.2, 0.25) is 0 Å². The van der Waals surface area contributed by atoms with Crippen LogP contribution >= 0.6 is 0 Å². The molecule has 1 aromatic carbocycles. The molecule has 0 saturated heterocycles. The Hall–Kier alpha value is -3.92. The van der Waals surface area contributed by atoms with Crippen molar-refractivity contribution in [2.45, 2.75) is 118 Å². The van der Waals surface area contributed by atoms with Gasteiger partial charge in [0.15, 0.2) is 0 Å². The van der Waals surface area contributed by atoms with Gasteiger partial charge >= 0.3 is 11.9 Å². The largest absolute Gasteiger partial charge is 0.424 e. The van der Waals surface area contributed by atoms with E-state index in [0.29, 0.717) is 11.5 Å². The second-order valence-electron chi connectivity index (χ2n) is 14.2. The lowest BCUT2D eigenvalue weighted by atomic mass is 9.80. The van der Waals surface area contributed by atoms with E-state index in [1.165, 1.54) is 47.3 Å². The van der Waals surface area contributed by atoms with Gasteiger partial charge in [0, 0.05) is 23.0 Å². The molecule has 3 aliphatic rings. The van der Waals surface area contributed by atoms with E-state index in [2.05, 4.69) is 89.4 Å². The van der Waals surface area contributed by atoms with Crippen LogP contribution in [0.3, 0.4) is 0 Å². The van der Waals surface area contributed by atoms with Crippen LogP contribution in [-0.2, 0) is 44.7 Å². The number of rotatable bonds is 16. The number of fused-ring (bicyclic) bond motifs is 1. The molecule has 256 valence electrons. The summed E-state index contributed by atoms with van der Waals surface area (Å²) < 4.78 is 11.1. The second kappa shape index (κ2) is 17.5. The van der Waals surface area contributed by atoms with E-state index in [4.69, 9.17) is 9.47 Å². The molecule has 0 spiro atoms.